The second kappa shape index (κ2) is 3.85. The Kier molecular flexibility index (Phi) is 2.15. The molecule has 4 rings (SSSR count). The van der Waals surface area contributed by atoms with Gasteiger partial charge >= 0.3 is 0 Å². The molecule has 0 radical (unpaired) electrons. The fourth-order valence-corrected chi connectivity index (χ4v) is 2.87. The molecule has 0 atom stereocenters. The van der Waals surface area contributed by atoms with Crippen LogP contribution in [0.5, 0.6) is 0 Å². The molecule has 2 N–H and O–H groups in total. The normalized spacial score (nSPS) is 14.9. The van der Waals surface area contributed by atoms with Crippen molar-refractivity contribution in [3.8, 4) is 0 Å². The third-order valence-corrected chi connectivity index (χ3v) is 3.83. The van der Waals surface area contributed by atoms with Crippen molar-refractivity contribution in [1.82, 2.24) is 4.98 Å². The van der Waals surface area contributed by atoms with E-state index in [2.05, 4.69) is 29.2 Å². The summed E-state index contributed by atoms with van der Waals surface area (Å²) >= 11 is 0. The molecule has 1 aromatic heterocycles. The quantitative estimate of drug-likeness (QED) is 0.674. The minimum atomic E-state index is 0.353. The summed E-state index contributed by atoms with van der Waals surface area (Å²) in [5.41, 5.74) is 11.0. The maximum atomic E-state index is 5.87. The van der Waals surface area contributed by atoms with Gasteiger partial charge in [-0.2, -0.15) is 0 Å². The highest BCUT2D eigenvalue weighted by Gasteiger charge is 2.26. The Morgan fingerprint density at radius 3 is 2.53 bits per heavy atom. The van der Waals surface area contributed by atoms with Gasteiger partial charge in [-0.05, 0) is 36.1 Å². The average molecular weight is 250 g/mol. The van der Waals surface area contributed by atoms with Crippen LogP contribution in [0.15, 0.2) is 46.9 Å². The number of nitrogen functional groups attached to an aromatic ring is 1. The van der Waals surface area contributed by atoms with Crippen LogP contribution in [-0.4, -0.2) is 4.98 Å². The molecular formula is C16H14N2O. The summed E-state index contributed by atoms with van der Waals surface area (Å²) < 4.78 is 5.87. The van der Waals surface area contributed by atoms with Crippen LogP contribution in [-0.2, 0) is 12.8 Å². The molecule has 3 aromatic rings. The monoisotopic (exact) mass is 250 g/mol. The lowest BCUT2D eigenvalue weighted by Crippen LogP contribution is -1.97. The van der Waals surface area contributed by atoms with Crippen LogP contribution >= 0.6 is 0 Å². The van der Waals surface area contributed by atoms with Gasteiger partial charge in [-0.15, -0.1) is 0 Å². The van der Waals surface area contributed by atoms with Crippen LogP contribution in [0.3, 0.4) is 0 Å². The van der Waals surface area contributed by atoms with E-state index in [0.717, 1.165) is 29.8 Å². The van der Waals surface area contributed by atoms with E-state index in [4.69, 9.17) is 10.2 Å². The summed E-state index contributed by atoms with van der Waals surface area (Å²) in [6, 6.07) is 14.2. The maximum Gasteiger partial charge on any atom is 0.199 e. The van der Waals surface area contributed by atoms with E-state index in [1.807, 2.05) is 18.2 Å². The largest absolute Gasteiger partial charge is 0.440 e. The molecule has 0 saturated carbocycles. The Labute approximate surface area is 111 Å². The van der Waals surface area contributed by atoms with Gasteiger partial charge < -0.3 is 10.2 Å². The Balaban J connectivity index is 1.73. The summed E-state index contributed by atoms with van der Waals surface area (Å²) in [5, 5.41) is 0. The highest BCUT2D eigenvalue weighted by atomic mass is 16.3. The molecule has 19 heavy (non-hydrogen) atoms. The van der Waals surface area contributed by atoms with Crippen LogP contribution in [0.4, 0.5) is 5.69 Å². The van der Waals surface area contributed by atoms with Crippen molar-refractivity contribution in [3.05, 3.63) is 59.5 Å². The van der Waals surface area contributed by atoms with Crippen molar-refractivity contribution in [1.29, 1.82) is 0 Å². The number of hydrogen-bond donors (Lipinski definition) is 1. The zero-order chi connectivity index (χ0) is 12.8. The number of anilines is 1. The Hall–Kier alpha value is -2.29. The molecule has 1 heterocycles. The van der Waals surface area contributed by atoms with E-state index in [1.165, 1.54) is 11.1 Å². The fourth-order valence-electron chi connectivity index (χ4n) is 2.87. The Morgan fingerprint density at radius 1 is 1.05 bits per heavy atom. The van der Waals surface area contributed by atoms with E-state index in [1.54, 1.807) is 0 Å². The number of aromatic nitrogens is 1. The van der Waals surface area contributed by atoms with Gasteiger partial charge in [0.1, 0.15) is 5.52 Å². The van der Waals surface area contributed by atoms with Gasteiger partial charge in [0.05, 0.1) is 0 Å². The third kappa shape index (κ3) is 1.70. The highest BCUT2D eigenvalue weighted by Crippen LogP contribution is 2.34. The SMILES string of the molecule is Nc1ccc2nc(C3Cc4ccccc4C3)oc2c1. The lowest BCUT2D eigenvalue weighted by atomic mass is 10.1. The van der Waals surface area contributed by atoms with Crippen molar-refractivity contribution in [2.75, 3.05) is 5.73 Å². The van der Waals surface area contributed by atoms with Gasteiger partial charge in [0, 0.05) is 17.7 Å². The Bertz CT molecular complexity index is 735. The van der Waals surface area contributed by atoms with Gasteiger partial charge in [-0.1, -0.05) is 24.3 Å². The van der Waals surface area contributed by atoms with Crippen LogP contribution in [0.2, 0.25) is 0 Å². The van der Waals surface area contributed by atoms with E-state index in [0.29, 0.717) is 11.6 Å². The maximum absolute atomic E-state index is 5.87. The van der Waals surface area contributed by atoms with Crippen molar-refractivity contribution in [2.24, 2.45) is 0 Å². The molecule has 94 valence electrons. The number of nitrogens with zero attached hydrogens (tertiary/aromatic N) is 1. The molecule has 1 aliphatic rings. The number of benzene rings is 2. The first-order valence-electron chi connectivity index (χ1n) is 6.52. The second-order valence-electron chi connectivity index (χ2n) is 5.15. The summed E-state index contributed by atoms with van der Waals surface area (Å²) in [4.78, 5) is 4.60. The molecule has 2 aromatic carbocycles. The topological polar surface area (TPSA) is 52.0 Å². The lowest BCUT2D eigenvalue weighted by molar-refractivity contribution is 0.478. The zero-order valence-electron chi connectivity index (χ0n) is 10.5. The molecule has 0 aliphatic heterocycles. The molecule has 0 fully saturated rings. The van der Waals surface area contributed by atoms with Crippen LogP contribution in [0.25, 0.3) is 11.1 Å². The molecule has 0 saturated heterocycles. The summed E-state index contributed by atoms with van der Waals surface area (Å²) in [7, 11) is 0. The lowest BCUT2D eigenvalue weighted by Gasteiger charge is -2.01. The van der Waals surface area contributed by atoms with Gasteiger partial charge in [-0.25, -0.2) is 4.98 Å². The number of rotatable bonds is 1. The Morgan fingerprint density at radius 2 is 1.79 bits per heavy atom. The fraction of sp³-hybridized carbons (Fsp3) is 0.188. The third-order valence-electron chi connectivity index (χ3n) is 3.83. The van der Waals surface area contributed by atoms with E-state index < -0.39 is 0 Å². The first-order valence-corrected chi connectivity index (χ1v) is 6.52. The zero-order valence-corrected chi connectivity index (χ0v) is 10.5. The first-order chi connectivity index (χ1) is 9.29. The van der Waals surface area contributed by atoms with Crippen molar-refractivity contribution in [3.63, 3.8) is 0 Å². The summed E-state index contributed by atoms with van der Waals surface area (Å²) in [6.45, 7) is 0. The number of oxazole rings is 1. The molecule has 0 amide bonds. The van der Waals surface area contributed by atoms with E-state index in [9.17, 15) is 0 Å². The molecule has 1 aliphatic carbocycles. The predicted octanol–water partition coefficient (Wildman–Crippen LogP) is 3.29. The minimum absolute atomic E-state index is 0.353. The smallest absolute Gasteiger partial charge is 0.199 e. The summed E-state index contributed by atoms with van der Waals surface area (Å²) in [6.07, 6.45) is 2.02. The summed E-state index contributed by atoms with van der Waals surface area (Å²) in [5.74, 6) is 1.18. The molecule has 0 spiro atoms. The second-order valence-corrected chi connectivity index (χ2v) is 5.15. The van der Waals surface area contributed by atoms with Gasteiger partial charge in [0.25, 0.3) is 0 Å². The van der Waals surface area contributed by atoms with Gasteiger partial charge in [0.15, 0.2) is 11.5 Å². The van der Waals surface area contributed by atoms with Crippen molar-refractivity contribution in [2.45, 2.75) is 18.8 Å². The van der Waals surface area contributed by atoms with Crippen LogP contribution in [0.1, 0.15) is 22.9 Å². The standard InChI is InChI=1S/C16H14N2O/c17-13-5-6-14-15(9-13)19-16(18-14)12-7-10-3-1-2-4-11(10)8-12/h1-6,9,12H,7-8,17H2. The molecule has 0 unspecified atom stereocenters. The van der Waals surface area contributed by atoms with Crippen LogP contribution < -0.4 is 5.73 Å². The minimum Gasteiger partial charge on any atom is -0.440 e. The molecule has 0 bridgehead atoms. The van der Waals surface area contributed by atoms with E-state index in [-0.39, 0.29) is 0 Å². The van der Waals surface area contributed by atoms with Crippen molar-refractivity contribution < 1.29 is 4.42 Å². The molecule has 3 nitrogen and oxygen atoms in total. The van der Waals surface area contributed by atoms with E-state index >= 15 is 0 Å². The number of hydrogen-bond acceptors (Lipinski definition) is 3. The number of nitrogens with two attached hydrogens (primary N) is 1. The predicted molar refractivity (Wildman–Crippen MR) is 75.0 cm³/mol. The number of fused-ring (bicyclic) bond motifs is 2. The van der Waals surface area contributed by atoms with Gasteiger partial charge in [0.2, 0.25) is 0 Å². The first kappa shape index (κ1) is 10.6. The molecular weight excluding hydrogens is 236 g/mol. The van der Waals surface area contributed by atoms with Crippen LogP contribution in [0, 0.1) is 0 Å². The van der Waals surface area contributed by atoms with Crippen molar-refractivity contribution >= 4 is 16.8 Å². The van der Waals surface area contributed by atoms with Gasteiger partial charge in [-0.3, -0.25) is 0 Å². The highest BCUT2D eigenvalue weighted by molar-refractivity contribution is 5.76. The molecule has 3 heteroatoms. The average Bonchev–Trinajstić information content (AvgIpc) is 3.00.